The average Bonchev–Trinajstić information content (AvgIpc) is 3.21. The molecular formula is C25H34N6O3. The number of imide groups is 1. The number of fused-ring (bicyclic) bond motifs is 1. The first-order chi connectivity index (χ1) is 16.2. The maximum atomic E-state index is 13.8. The molecule has 3 amide bonds. The number of Topliss-reactive ketones (excluding diaryl/α,β-unsaturated/α-hetero) is 1. The summed E-state index contributed by atoms with van der Waals surface area (Å²) in [4.78, 5) is 51.8. The number of benzene rings is 1. The van der Waals surface area contributed by atoms with Gasteiger partial charge in [0, 0.05) is 38.3 Å². The van der Waals surface area contributed by atoms with Gasteiger partial charge in [-0.1, -0.05) is 42.0 Å². The maximum absolute atomic E-state index is 13.8. The summed E-state index contributed by atoms with van der Waals surface area (Å²) in [7, 11) is 1.65. The van der Waals surface area contributed by atoms with Crippen molar-refractivity contribution in [2.24, 2.45) is 10.7 Å². The summed E-state index contributed by atoms with van der Waals surface area (Å²) in [6.45, 7) is 7.56. The number of hydrogen-bond donors (Lipinski definition) is 1. The van der Waals surface area contributed by atoms with Gasteiger partial charge in [-0.3, -0.25) is 14.5 Å². The molecule has 0 aromatic heterocycles. The average molecular weight is 467 g/mol. The molecule has 3 aliphatic rings. The lowest BCUT2D eigenvalue weighted by molar-refractivity contribution is -0.138. The number of guanidine groups is 1. The van der Waals surface area contributed by atoms with E-state index in [-0.39, 0.29) is 11.8 Å². The van der Waals surface area contributed by atoms with E-state index in [1.165, 1.54) is 4.90 Å². The molecule has 3 aliphatic heterocycles. The Hall–Kier alpha value is -3.20. The van der Waals surface area contributed by atoms with E-state index >= 15 is 0 Å². The van der Waals surface area contributed by atoms with Gasteiger partial charge in [0.05, 0.1) is 0 Å². The first kappa shape index (κ1) is 23.9. The van der Waals surface area contributed by atoms with Gasteiger partial charge in [0.15, 0.2) is 24.0 Å². The fourth-order valence-corrected chi connectivity index (χ4v) is 4.88. The number of carbonyl (C=O) groups excluding carboxylic acids is 3. The van der Waals surface area contributed by atoms with Crippen molar-refractivity contribution in [2.45, 2.75) is 57.9 Å². The third-order valence-corrected chi connectivity index (χ3v) is 6.78. The predicted octanol–water partition coefficient (Wildman–Crippen LogP) is 1.91. The highest BCUT2D eigenvalue weighted by Crippen LogP contribution is 2.31. The monoisotopic (exact) mass is 466 g/mol. The minimum Gasteiger partial charge on any atom is -0.341 e. The second-order valence-corrected chi connectivity index (χ2v) is 9.58. The zero-order chi connectivity index (χ0) is 24.6. The minimum atomic E-state index is -0.927. The molecule has 0 saturated carbocycles. The molecule has 3 heterocycles. The van der Waals surface area contributed by atoms with E-state index in [0.717, 1.165) is 29.9 Å². The summed E-state index contributed by atoms with van der Waals surface area (Å²) in [6.07, 6.45) is 3.31. The van der Waals surface area contributed by atoms with Crippen LogP contribution in [0, 0.1) is 0 Å². The number of amides is 3. The molecule has 0 aliphatic carbocycles. The van der Waals surface area contributed by atoms with Crippen molar-refractivity contribution >= 4 is 23.7 Å². The van der Waals surface area contributed by atoms with Gasteiger partial charge in [0.1, 0.15) is 6.04 Å². The molecule has 182 valence electrons. The van der Waals surface area contributed by atoms with E-state index in [1.807, 2.05) is 30.9 Å². The number of carbonyl (C=O) groups is 3. The Morgan fingerprint density at radius 3 is 2.59 bits per heavy atom. The lowest BCUT2D eigenvalue weighted by atomic mass is 10.0. The Kier molecular flexibility index (Phi) is 6.74. The number of urea groups is 1. The summed E-state index contributed by atoms with van der Waals surface area (Å²) in [5.41, 5.74) is 7.82. The van der Waals surface area contributed by atoms with Gasteiger partial charge < -0.3 is 20.4 Å². The van der Waals surface area contributed by atoms with Crippen LogP contribution in [-0.2, 0) is 4.79 Å². The molecule has 2 fully saturated rings. The van der Waals surface area contributed by atoms with Crippen LogP contribution in [0.15, 0.2) is 47.0 Å². The van der Waals surface area contributed by atoms with Crippen LogP contribution in [0.25, 0.3) is 0 Å². The van der Waals surface area contributed by atoms with E-state index in [0.29, 0.717) is 24.6 Å². The molecular weight excluding hydrogens is 432 g/mol. The Morgan fingerprint density at radius 2 is 1.94 bits per heavy atom. The molecule has 4 atom stereocenters. The highest BCUT2D eigenvalue weighted by molar-refractivity contribution is 6.10. The second-order valence-electron chi connectivity index (χ2n) is 9.58. The number of allylic oxidation sites excluding steroid dienone is 1. The number of nitrogens with zero attached hydrogens (tertiary/aromatic N) is 5. The quantitative estimate of drug-likeness (QED) is 0.525. The molecule has 4 rings (SSSR count). The first-order valence-electron chi connectivity index (χ1n) is 11.9. The molecule has 0 radical (unpaired) electrons. The van der Waals surface area contributed by atoms with E-state index in [9.17, 15) is 14.4 Å². The smallest absolute Gasteiger partial charge is 0.328 e. The first-order valence-corrected chi connectivity index (χ1v) is 11.9. The van der Waals surface area contributed by atoms with Crippen LogP contribution < -0.4 is 5.73 Å². The Morgan fingerprint density at radius 1 is 1.24 bits per heavy atom. The number of rotatable bonds is 5. The number of aliphatic imine (C=N–C) groups is 1. The number of hydrogen-bond acceptors (Lipinski definition) is 7. The van der Waals surface area contributed by atoms with Crippen LogP contribution in [0.5, 0.6) is 0 Å². The van der Waals surface area contributed by atoms with Crippen molar-refractivity contribution in [3.8, 4) is 0 Å². The number of likely N-dealkylation sites (tertiary alicyclic amines) is 1. The molecule has 4 unspecified atom stereocenters. The summed E-state index contributed by atoms with van der Waals surface area (Å²) in [5.74, 6) is 0.0257. The summed E-state index contributed by atoms with van der Waals surface area (Å²) in [6, 6.07) is 6.66. The Labute approximate surface area is 200 Å². The van der Waals surface area contributed by atoms with Gasteiger partial charge in [0.25, 0.3) is 5.91 Å². The van der Waals surface area contributed by atoms with Crippen molar-refractivity contribution in [1.29, 1.82) is 0 Å². The van der Waals surface area contributed by atoms with E-state index in [1.54, 1.807) is 38.2 Å². The van der Waals surface area contributed by atoms with Gasteiger partial charge in [-0.25, -0.2) is 9.79 Å². The number of nitrogens with two attached hydrogens (primary N) is 1. The topological polar surface area (TPSA) is 103 Å². The standard InChI is InChI=1S/C25H34N6O3/c1-16(2)12-14-30-20-22(27-24(30)29-13-8-11-19(26)15-29)28(4)25(34)31(23(20)33)17(3)21(32)18-9-6-5-7-10-18/h5-7,9-10,12,17,19-20,22H,8,11,13-15,26H2,1-4H3. The van der Waals surface area contributed by atoms with E-state index in [4.69, 9.17) is 10.7 Å². The molecule has 2 N–H and O–H groups in total. The molecule has 1 aromatic rings. The van der Waals surface area contributed by atoms with Gasteiger partial charge in [0.2, 0.25) is 0 Å². The SMILES string of the molecule is CC(C)=CCN1C(N2CCCC(N)C2)=NC2C1C(=O)N(C(C)C(=O)c1ccccc1)C(=O)N2C. The largest absolute Gasteiger partial charge is 0.341 e. The third kappa shape index (κ3) is 4.32. The van der Waals surface area contributed by atoms with Crippen LogP contribution in [0.4, 0.5) is 4.79 Å². The normalized spacial score (nSPS) is 25.8. The van der Waals surface area contributed by atoms with Crippen molar-refractivity contribution in [3.63, 3.8) is 0 Å². The molecule has 0 bridgehead atoms. The number of piperidine rings is 1. The van der Waals surface area contributed by atoms with E-state index < -0.39 is 30.2 Å². The van der Waals surface area contributed by atoms with Crippen LogP contribution >= 0.6 is 0 Å². The lowest BCUT2D eigenvalue weighted by Gasteiger charge is -2.43. The summed E-state index contributed by atoms with van der Waals surface area (Å²) in [5, 5.41) is 0. The van der Waals surface area contributed by atoms with Crippen molar-refractivity contribution in [2.75, 3.05) is 26.7 Å². The zero-order valence-electron chi connectivity index (χ0n) is 20.3. The van der Waals surface area contributed by atoms with Crippen molar-refractivity contribution in [1.82, 2.24) is 19.6 Å². The third-order valence-electron chi connectivity index (χ3n) is 6.78. The van der Waals surface area contributed by atoms with Crippen molar-refractivity contribution in [3.05, 3.63) is 47.5 Å². The highest BCUT2D eigenvalue weighted by atomic mass is 16.2. The zero-order valence-corrected chi connectivity index (χ0v) is 20.3. The maximum Gasteiger partial charge on any atom is 0.328 e. The fraction of sp³-hybridized carbons (Fsp3) is 0.520. The number of likely N-dealkylation sites (N-methyl/N-ethyl adjacent to an activating group) is 1. The van der Waals surface area contributed by atoms with Crippen LogP contribution in [0.2, 0.25) is 0 Å². The van der Waals surface area contributed by atoms with Crippen LogP contribution in [-0.4, -0.2) is 94.3 Å². The molecule has 0 spiro atoms. The summed E-state index contributed by atoms with van der Waals surface area (Å²) >= 11 is 0. The number of ketones is 1. The van der Waals surface area contributed by atoms with Gasteiger partial charge in [-0.15, -0.1) is 0 Å². The lowest BCUT2D eigenvalue weighted by Crippen LogP contribution is -2.68. The minimum absolute atomic E-state index is 0.0412. The van der Waals surface area contributed by atoms with Crippen LogP contribution in [0.3, 0.4) is 0 Å². The van der Waals surface area contributed by atoms with Gasteiger partial charge in [-0.05, 0) is 33.6 Å². The summed E-state index contributed by atoms with van der Waals surface area (Å²) < 4.78 is 0. The molecule has 9 heteroatoms. The van der Waals surface area contributed by atoms with Gasteiger partial charge >= 0.3 is 6.03 Å². The fourth-order valence-electron chi connectivity index (χ4n) is 4.88. The predicted molar refractivity (Wildman–Crippen MR) is 130 cm³/mol. The molecule has 1 aromatic carbocycles. The van der Waals surface area contributed by atoms with Gasteiger partial charge in [-0.2, -0.15) is 0 Å². The molecule has 2 saturated heterocycles. The Bertz CT molecular complexity index is 1020. The molecule has 9 nitrogen and oxygen atoms in total. The Balaban J connectivity index is 1.67. The molecule has 34 heavy (non-hydrogen) atoms. The highest BCUT2D eigenvalue weighted by Gasteiger charge is 2.54. The van der Waals surface area contributed by atoms with Crippen LogP contribution in [0.1, 0.15) is 44.0 Å². The van der Waals surface area contributed by atoms with E-state index in [2.05, 4.69) is 4.90 Å². The second kappa shape index (κ2) is 9.58. The van der Waals surface area contributed by atoms with Crippen molar-refractivity contribution < 1.29 is 14.4 Å².